The van der Waals surface area contributed by atoms with Crippen LogP contribution in [0.25, 0.3) is 0 Å². The summed E-state index contributed by atoms with van der Waals surface area (Å²) >= 11 is 3.38. The van der Waals surface area contributed by atoms with E-state index in [1.54, 1.807) is 4.90 Å². The van der Waals surface area contributed by atoms with Crippen molar-refractivity contribution in [2.24, 2.45) is 0 Å². The van der Waals surface area contributed by atoms with E-state index in [9.17, 15) is 4.79 Å². The number of nitrogens with one attached hydrogen (secondary N) is 1. The van der Waals surface area contributed by atoms with Crippen molar-refractivity contribution in [2.45, 2.75) is 26.3 Å². The van der Waals surface area contributed by atoms with Crippen LogP contribution < -0.4 is 9.64 Å². The highest BCUT2D eigenvalue weighted by molar-refractivity contribution is 9.10. The van der Waals surface area contributed by atoms with Crippen LogP contribution in [0.3, 0.4) is 0 Å². The van der Waals surface area contributed by atoms with Gasteiger partial charge >= 0.3 is 0 Å². The molecule has 4 nitrogen and oxygen atoms in total. The smallest absolute Gasteiger partial charge is 0.260 e. The van der Waals surface area contributed by atoms with Gasteiger partial charge in [-0.1, -0.05) is 22.9 Å². The number of ether oxygens (including phenoxy) is 1. The van der Waals surface area contributed by atoms with Gasteiger partial charge < -0.3 is 14.5 Å². The number of rotatable bonds is 5. The zero-order chi connectivity index (χ0) is 15.2. The third-order valence-corrected chi connectivity index (χ3v) is 4.77. The van der Waals surface area contributed by atoms with Gasteiger partial charge in [0.1, 0.15) is 5.75 Å². The van der Waals surface area contributed by atoms with E-state index in [-0.39, 0.29) is 12.5 Å². The zero-order valence-corrected chi connectivity index (χ0v) is 14.4. The molecule has 1 aromatic carbocycles. The molecule has 0 bridgehead atoms. The van der Waals surface area contributed by atoms with E-state index in [2.05, 4.69) is 29.8 Å². The molecular weight excluding hydrogens is 332 g/mol. The molecule has 1 atom stereocenters. The summed E-state index contributed by atoms with van der Waals surface area (Å²) in [4.78, 5) is 15.7. The van der Waals surface area contributed by atoms with Crippen LogP contribution in [-0.2, 0) is 4.79 Å². The number of hydrogen-bond acceptors (Lipinski definition) is 2. The minimum absolute atomic E-state index is 0.0844. The SMILES string of the molecule is CC[C@@H](C)[NH+]1CCN(C(=O)COc2ccc(Br)cc2)CC1. The number of piperazine rings is 1. The monoisotopic (exact) mass is 355 g/mol. The van der Waals surface area contributed by atoms with Gasteiger partial charge in [-0.3, -0.25) is 4.79 Å². The van der Waals surface area contributed by atoms with E-state index in [1.165, 1.54) is 6.42 Å². The summed E-state index contributed by atoms with van der Waals surface area (Å²) in [6.45, 7) is 8.38. The Bertz CT molecular complexity index is 456. The molecule has 2 rings (SSSR count). The molecule has 1 aliphatic heterocycles. The van der Waals surface area contributed by atoms with Crippen LogP contribution >= 0.6 is 15.9 Å². The third-order valence-electron chi connectivity index (χ3n) is 4.24. The number of carbonyl (C=O) groups is 1. The van der Waals surface area contributed by atoms with Crippen molar-refractivity contribution in [1.82, 2.24) is 4.90 Å². The highest BCUT2D eigenvalue weighted by Crippen LogP contribution is 2.16. The van der Waals surface area contributed by atoms with Crippen molar-refractivity contribution >= 4 is 21.8 Å². The predicted octanol–water partition coefficient (Wildman–Crippen LogP) is 1.35. The Labute approximate surface area is 135 Å². The van der Waals surface area contributed by atoms with Crippen molar-refractivity contribution in [2.75, 3.05) is 32.8 Å². The van der Waals surface area contributed by atoms with Gasteiger partial charge in [0.2, 0.25) is 0 Å². The largest absolute Gasteiger partial charge is 0.484 e. The highest BCUT2D eigenvalue weighted by Gasteiger charge is 2.26. The lowest BCUT2D eigenvalue weighted by Gasteiger charge is -2.35. The van der Waals surface area contributed by atoms with Gasteiger partial charge in [0, 0.05) is 4.47 Å². The Kier molecular flexibility index (Phi) is 6.06. The van der Waals surface area contributed by atoms with Crippen LogP contribution in [0.2, 0.25) is 0 Å². The summed E-state index contributed by atoms with van der Waals surface area (Å²) in [5.74, 6) is 0.816. The van der Waals surface area contributed by atoms with Crippen LogP contribution in [0, 0.1) is 0 Å². The first-order chi connectivity index (χ1) is 10.1. The van der Waals surface area contributed by atoms with Gasteiger partial charge in [-0.2, -0.15) is 0 Å². The van der Waals surface area contributed by atoms with Crippen LogP contribution in [0.1, 0.15) is 20.3 Å². The predicted molar refractivity (Wildman–Crippen MR) is 86.7 cm³/mol. The fourth-order valence-electron chi connectivity index (χ4n) is 2.59. The second-order valence-corrected chi connectivity index (χ2v) is 6.51. The lowest BCUT2D eigenvalue weighted by Crippen LogP contribution is -3.17. The average molecular weight is 356 g/mol. The molecule has 0 aromatic heterocycles. The molecule has 0 radical (unpaired) electrons. The number of hydrogen-bond donors (Lipinski definition) is 1. The van der Waals surface area contributed by atoms with Crippen LogP contribution in [-0.4, -0.2) is 49.6 Å². The van der Waals surface area contributed by atoms with Gasteiger partial charge in [-0.15, -0.1) is 0 Å². The summed E-state index contributed by atoms with van der Waals surface area (Å²) in [5.41, 5.74) is 0. The van der Waals surface area contributed by atoms with Crippen molar-refractivity contribution < 1.29 is 14.4 Å². The van der Waals surface area contributed by atoms with E-state index < -0.39 is 0 Å². The second-order valence-electron chi connectivity index (χ2n) is 5.59. The molecule has 116 valence electrons. The summed E-state index contributed by atoms with van der Waals surface area (Å²) in [6, 6.07) is 8.23. The fourth-order valence-corrected chi connectivity index (χ4v) is 2.86. The van der Waals surface area contributed by atoms with Gasteiger partial charge in [-0.25, -0.2) is 0 Å². The number of benzene rings is 1. The normalized spacial score (nSPS) is 17.6. The van der Waals surface area contributed by atoms with Crippen molar-refractivity contribution in [3.8, 4) is 5.75 Å². The van der Waals surface area contributed by atoms with E-state index in [0.717, 1.165) is 36.4 Å². The Morgan fingerprint density at radius 2 is 1.95 bits per heavy atom. The number of halogens is 1. The molecule has 1 amide bonds. The number of quaternary nitrogens is 1. The zero-order valence-electron chi connectivity index (χ0n) is 12.8. The van der Waals surface area contributed by atoms with Crippen LogP contribution in [0.4, 0.5) is 0 Å². The number of amides is 1. The molecule has 1 aromatic rings. The molecule has 0 saturated carbocycles. The number of nitrogens with zero attached hydrogens (tertiary/aromatic N) is 1. The lowest BCUT2D eigenvalue weighted by atomic mass is 10.2. The fraction of sp³-hybridized carbons (Fsp3) is 0.562. The molecular formula is C16H24BrN2O2+. The second kappa shape index (κ2) is 7.80. The highest BCUT2D eigenvalue weighted by atomic mass is 79.9. The number of carbonyl (C=O) groups excluding carboxylic acids is 1. The average Bonchev–Trinajstić information content (AvgIpc) is 2.53. The molecule has 1 saturated heterocycles. The molecule has 0 unspecified atom stereocenters. The van der Waals surface area contributed by atoms with Gasteiger partial charge in [0.05, 0.1) is 32.2 Å². The molecule has 0 aliphatic carbocycles. The quantitative estimate of drug-likeness (QED) is 0.864. The summed E-state index contributed by atoms with van der Waals surface area (Å²) in [5, 5.41) is 0. The Balaban J connectivity index is 1.76. The first-order valence-corrected chi connectivity index (χ1v) is 8.40. The van der Waals surface area contributed by atoms with Gasteiger partial charge in [0.15, 0.2) is 6.61 Å². The molecule has 1 aliphatic rings. The minimum Gasteiger partial charge on any atom is -0.484 e. The molecule has 5 heteroatoms. The van der Waals surface area contributed by atoms with Gasteiger partial charge in [0.25, 0.3) is 5.91 Å². The Morgan fingerprint density at radius 1 is 1.33 bits per heavy atom. The maximum Gasteiger partial charge on any atom is 0.260 e. The van der Waals surface area contributed by atoms with Crippen LogP contribution in [0.5, 0.6) is 5.75 Å². The molecule has 1 N–H and O–H groups in total. The van der Waals surface area contributed by atoms with Crippen molar-refractivity contribution in [3.05, 3.63) is 28.7 Å². The van der Waals surface area contributed by atoms with Gasteiger partial charge in [-0.05, 0) is 37.6 Å². The summed E-state index contributed by atoms with van der Waals surface area (Å²) < 4.78 is 6.56. The molecule has 1 fully saturated rings. The molecule has 21 heavy (non-hydrogen) atoms. The molecule has 1 heterocycles. The standard InChI is InChI=1S/C16H23BrN2O2/c1-3-13(2)18-8-10-19(11-9-18)16(20)12-21-15-6-4-14(17)5-7-15/h4-7,13H,3,8-12H2,1-2H3/p+1/t13-/m1/s1. The first-order valence-electron chi connectivity index (χ1n) is 7.61. The molecule has 0 spiro atoms. The first kappa shape index (κ1) is 16.3. The van der Waals surface area contributed by atoms with Crippen LogP contribution in [0.15, 0.2) is 28.7 Å². The van der Waals surface area contributed by atoms with Crippen molar-refractivity contribution in [1.29, 1.82) is 0 Å². The van der Waals surface area contributed by atoms with E-state index >= 15 is 0 Å². The van der Waals surface area contributed by atoms with Crippen molar-refractivity contribution in [3.63, 3.8) is 0 Å². The maximum atomic E-state index is 12.2. The lowest BCUT2D eigenvalue weighted by molar-refractivity contribution is -0.927. The van der Waals surface area contributed by atoms with E-state index in [4.69, 9.17) is 4.74 Å². The Hall–Kier alpha value is -1.07. The van der Waals surface area contributed by atoms with E-state index in [1.807, 2.05) is 29.2 Å². The third kappa shape index (κ3) is 4.71. The maximum absolute atomic E-state index is 12.2. The summed E-state index contributed by atoms with van der Waals surface area (Å²) in [7, 11) is 0. The summed E-state index contributed by atoms with van der Waals surface area (Å²) in [6.07, 6.45) is 1.19. The Morgan fingerprint density at radius 3 is 2.52 bits per heavy atom. The topological polar surface area (TPSA) is 34.0 Å². The minimum atomic E-state index is 0.0844. The van der Waals surface area contributed by atoms with E-state index in [0.29, 0.717) is 6.04 Å².